The zero-order valence-corrected chi connectivity index (χ0v) is 6.41. The minimum atomic E-state index is -0.0756. The molecule has 0 saturated carbocycles. The van der Waals surface area contributed by atoms with Crippen LogP contribution in [-0.4, -0.2) is 5.12 Å². The quantitative estimate of drug-likeness (QED) is 0.649. The van der Waals surface area contributed by atoms with E-state index in [-0.39, 0.29) is 5.12 Å². The van der Waals surface area contributed by atoms with Gasteiger partial charge in [0.05, 0.1) is 0 Å². The van der Waals surface area contributed by atoms with E-state index in [1.54, 1.807) is 11.3 Å². The summed E-state index contributed by atoms with van der Waals surface area (Å²) in [7, 11) is 0. The minimum absolute atomic E-state index is 0.0756. The highest BCUT2D eigenvalue weighted by molar-refractivity contribution is 7.96. The van der Waals surface area contributed by atoms with Gasteiger partial charge in [0.25, 0.3) is 0 Å². The van der Waals surface area contributed by atoms with Crippen LogP contribution in [0.3, 0.4) is 0 Å². The Balaban J connectivity index is 2.58. The van der Waals surface area contributed by atoms with Crippen molar-refractivity contribution in [3.05, 3.63) is 22.4 Å². The summed E-state index contributed by atoms with van der Waals surface area (Å²) in [4.78, 5) is 10.4. The average molecular weight is 158 g/mol. The van der Waals surface area contributed by atoms with E-state index in [0.717, 1.165) is 5.56 Å². The molecule has 0 bridgehead atoms. The van der Waals surface area contributed by atoms with Crippen molar-refractivity contribution >= 4 is 29.1 Å². The van der Waals surface area contributed by atoms with Crippen LogP contribution in [0, 0.1) is 0 Å². The van der Waals surface area contributed by atoms with Crippen LogP contribution in [0.2, 0.25) is 0 Å². The Morgan fingerprint density at radius 1 is 1.78 bits per heavy atom. The fourth-order valence-electron chi connectivity index (χ4n) is 0.568. The van der Waals surface area contributed by atoms with E-state index in [9.17, 15) is 4.79 Å². The summed E-state index contributed by atoms with van der Waals surface area (Å²) in [5.41, 5.74) is 1.06. The van der Waals surface area contributed by atoms with Gasteiger partial charge in [0.1, 0.15) is 0 Å². The molecule has 0 spiro atoms. The van der Waals surface area contributed by atoms with Gasteiger partial charge >= 0.3 is 0 Å². The first-order valence-corrected chi connectivity index (χ1v) is 3.91. The van der Waals surface area contributed by atoms with Crippen LogP contribution < -0.4 is 0 Å². The maximum absolute atomic E-state index is 10.4. The molecule has 1 heterocycles. The highest BCUT2D eigenvalue weighted by atomic mass is 32.1. The zero-order chi connectivity index (χ0) is 6.69. The van der Waals surface area contributed by atoms with Gasteiger partial charge in [-0.1, -0.05) is 0 Å². The number of hydrogen-bond donors (Lipinski definition) is 1. The van der Waals surface area contributed by atoms with E-state index < -0.39 is 0 Å². The first-order valence-electron chi connectivity index (χ1n) is 2.52. The van der Waals surface area contributed by atoms with Gasteiger partial charge in [-0.2, -0.15) is 11.3 Å². The molecular weight excluding hydrogens is 152 g/mol. The van der Waals surface area contributed by atoms with Gasteiger partial charge in [0.2, 0.25) is 0 Å². The third kappa shape index (κ3) is 2.20. The molecule has 1 rings (SSSR count). The summed E-state index contributed by atoms with van der Waals surface area (Å²) in [6.45, 7) is 0. The fourth-order valence-corrected chi connectivity index (χ4v) is 1.42. The van der Waals surface area contributed by atoms with E-state index in [4.69, 9.17) is 0 Å². The molecule has 0 N–H and O–H groups in total. The summed E-state index contributed by atoms with van der Waals surface area (Å²) in [5, 5.41) is 3.83. The highest BCUT2D eigenvalue weighted by Gasteiger charge is 1.95. The van der Waals surface area contributed by atoms with Crippen molar-refractivity contribution < 1.29 is 4.79 Å². The van der Waals surface area contributed by atoms with E-state index in [2.05, 4.69) is 12.6 Å². The highest BCUT2D eigenvalue weighted by Crippen LogP contribution is 2.07. The van der Waals surface area contributed by atoms with E-state index >= 15 is 0 Å². The average Bonchev–Trinajstić information content (AvgIpc) is 2.15. The Kier molecular flexibility index (Phi) is 2.30. The number of rotatable bonds is 2. The molecule has 0 aromatic carbocycles. The van der Waals surface area contributed by atoms with Gasteiger partial charge in [0, 0.05) is 6.42 Å². The topological polar surface area (TPSA) is 17.1 Å². The molecule has 0 aliphatic heterocycles. The van der Waals surface area contributed by atoms with Crippen LogP contribution >= 0.6 is 24.0 Å². The zero-order valence-electron chi connectivity index (χ0n) is 4.70. The predicted octanol–water partition coefficient (Wildman–Crippen LogP) is 1.75. The van der Waals surface area contributed by atoms with Crippen LogP contribution in [0.15, 0.2) is 16.8 Å². The molecule has 48 valence electrons. The number of carbonyl (C=O) groups is 1. The number of carbonyl (C=O) groups excluding carboxylic acids is 1. The van der Waals surface area contributed by atoms with Crippen molar-refractivity contribution in [2.75, 3.05) is 0 Å². The van der Waals surface area contributed by atoms with Gasteiger partial charge < -0.3 is 0 Å². The van der Waals surface area contributed by atoms with Crippen LogP contribution in [0.4, 0.5) is 0 Å². The molecule has 0 aliphatic carbocycles. The molecule has 1 aromatic rings. The lowest BCUT2D eigenvalue weighted by Crippen LogP contribution is -1.89. The molecule has 1 aromatic heterocycles. The molecule has 0 radical (unpaired) electrons. The standard InChI is InChI=1S/C6H6OS2/c7-6(8)3-5-1-2-9-4-5/h1-2,4H,3H2,(H,7,8). The van der Waals surface area contributed by atoms with E-state index in [0.29, 0.717) is 6.42 Å². The lowest BCUT2D eigenvalue weighted by Gasteiger charge is -1.85. The monoisotopic (exact) mass is 158 g/mol. The Morgan fingerprint density at radius 2 is 2.56 bits per heavy atom. The normalized spacial score (nSPS) is 9.44. The molecule has 0 atom stereocenters. The van der Waals surface area contributed by atoms with Crippen LogP contribution in [-0.2, 0) is 11.2 Å². The van der Waals surface area contributed by atoms with Crippen molar-refractivity contribution in [3.8, 4) is 0 Å². The summed E-state index contributed by atoms with van der Waals surface area (Å²) in [6, 6.07) is 1.93. The summed E-state index contributed by atoms with van der Waals surface area (Å²) >= 11 is 5.25. The van der Waals surface area contributed by atoms with Crippen LogP contribution in [0.1, 0.15) is 5.56 Å². The summed E-state index contributed by atoms with van der Waals surface area (Å²) in [5.74, 6) is 0. The maximum Gasteiger partial charge on any atom is 0.190 e. The largest absolute Gasteiger partial charge is 0.287 e. The number of hydrogen-bond acceptors (Lipinski definition) is 2. The van der Waals surface area contributed by atoms with Gasteiger partial charge in [-0.15, -0.1) is 12.6 Å². The lowest BCUT2D eigenvalue weighted by molar-refractivity contribution is -0.110. The second-order valence-electron chi connectivity index (χ2n) is 1.70. The first kappa shape index (κ1) is 6.83. The molecule has 0 fully saturated rings. The van der Waals surface area contributed by atoms with Gasteiger partial charge in [0.15, 0.2) is 5.12 Å². The van der Waals surface area contributed by atoms with Gasteiger partial charge in [-0.05, 0) is 22.4 Å². The van der Waals surface area contributed by atoms with Crippen molar-refractivity contribution in [2.45, 2.75) is 6.42 Å². The number of thiophene rings is 1. The van der Waals surface area contributed by atoms with Crippen molar-refractivity contribution in [2.24, 2.45) is 0 Å². The minimum Gasteiger partial charge on any atom is -0.287 e. The Labute approximate surface area is 63.1 Å². The Morgan fingerprint density at radius 3 is 3.00 bits per heavy atom. The summed E-state index contributed by atoms with van der Waals surface area (Å²) in [6.07, 6.45) is 0.451. The second kappa shape index (κ2) is 3.03. The molecule has 9 heavy (non-hydrogen) atoms. The third-order valence-electron chi connectivity index (χ3n) is 0.935. The molecule has 0 amide bonds. The fraction of sp³-hybridized carbons (Fsp3) is 0.167. The molecule has 0 saturated heterocycles. The van der Waals surface area contributed by atoms with Gasteiger partial charge in [-0.3, -0.25) is 4.79 Å². The smallest absolute Gasteiger partial charge is 0.190 e. The lowest BCUT2D eigenvalue weighted by atomic mass is 10.3. The maximum atomic E-state index is 10.4. The van der Waals surface area contributed by atoms with E-state index in [1.165, 1.54) is 0 Å². The molecular formula is C6H6OS2. The van der Waals surface area contributed by atoms with Crippen LogP contribution in [0.5, 0.6) is 0 Å². The Hall–Kier alpha value is -0.280. The van der Waals surface area contributed by atoms with Crippen molar-refractivity contribution in [1.29, 1.82) is 0 Å². The van der Waals surface area contributed by atoms with Gasteiger partial charge in [-0.25, -0.2) is 0 Å². The molecule has 1 nitrogen and oxygen atoms in total. The Bertz CT molecular complexity index is 191. The molecule has 0 unspecified atom stereocenters. The first-order chi connectivity index (χ1) is 4.29. The van der Waals surface area contributed by atoms with Crippen molar-refractivity contribution in [3.63, 3.8) is 0 Å². The third-order valence-corrected chi connectivity index (χ3v) is 1.83. The number of thiol groups is 1. The van der Waals surface area contributed by atoms with Crippen molar-refractivity contribution in [1.82, 2.24) is 0 Å². The SMILES string of the molecule is O=C(S)Cc1ccsc1. The van der Waals surface area contributed by atoms with E-state index in [1.807, 2.05) is 16.8 Å². The summed E-state index contributed by atoms with van der Waals surface area (Å²) < 4.78 is 0. The molecule has 3 heteroatoms. The predicted molar refractivity (Wildman–Crippen MR) is 42.0 cm³/mol. The second-order valence-corrected chi connectivity index (χ2v) is 2.98. The molecule has 0 aliphatic rings. The van der Waals surface area contributed by atoms with Crippen LogP contribution in [0.25, 0.3) is 0 Å².